The zero-order valence-electron chi connectivity index (χ0n) is 25.4. The molecule has 3 unspecified atom stereocenters. The first kappa shape index (κ1) is 31.0. The highest BCUT2D eigenvalue weighted by atomic mass is 19.1. The quantitative estimate of drug-likeness (QED) is 0.396. The minimum atomic E-state index is -1.40. The first-order chi connectivity index (χ1) is 19.2. The second kappa shape index (κ2) is 12.1. The molecule has 0 aliphatic carbocycles. The fourth-order valence-electron chi connectivity index (χ4n) is 5.63. The van der Waals surface area contributed by atoms with Gasteiger partial charge in [0.25, 0.3) is 0 Å². The average Bonchev–Trinajstić information content (AvgIpc) is 2.89. The predicted molar refractivity (Wildman–Crippen MR) is 159 cm³/mol. The van der Waals surface area contributed by atoms with Gasteiger partial charge in [0.1, 0.15) is 5.82 Å². The van der Waals surface area contributed by atoms with Crippen LogP contribution in [0.2, 0.25) is 0 Å². The molecule has 1 fully saturated rings. The number of rotatable bonds is 9. The van der Waals surface area contributed by atoms with E-state index < -0.39 is 29.3 Å². The minimum absolute atomic E-state index is 0.196. The van der Waals surface area contributed by atoms with E-state index in [0.29, 0.717) is 12.1 Å². The second-order valence-corrected chi connectivity index (χ2v) is 13.0. The number of pyridine rings is 1. The highest BCUT2D eigenvalue weighted by Crippen LogP contribution is 2.41. The number of hydrogen-bond acceptors (Lipinski definition) is 6. The molecule has 41 heavy (non-hydrogen) atoms. The molecule has 0 radical (unpaired) electrons. The van der Waals surface area contributed by atoms with Crippen molar-refractivity contribution < 1.29 is 23.8 Å². The summed E-state index contributed by atoms with van der Waals surface area (Å²) in [5.74, 6) is -1.41. The van der Waals surface area contributed by atoms with Crippen LogP contribution >= 0.6 is 0 Å². The van der Waals surface area contributed by atoms with Gasteiger partial charge in [0, 0.05) is 17.5 Å². The summed E-state index contributed by atoms with van der Waals surface area (Å²) in [4.78, 5) is 24.8. The van der Waals surface area contributed by atoms with Gasteiger partial charge in [0.2, 0.25) is 0 Å². The lowest BCUT2D eigenvalue weighted by Crippen LogP contribution is -2.69. The van der Waals surface area contributed by atoms with Gasteiger partial charge in [-0.1, -0.05) is 26.0 Å². The van der Waals surface area contributed by atoms with E-state index >= 15 is 0 Å². The number of halogens is 1. The van der Waals surface area contributed by atoms with Gasteiger partial charge in [-0.05, 0) is 108 Å². The fourth-order valence-corrected chi connectivity index (χ4v) is 5.63. The number of nitrogens with zero attached hydrogens (tertiary/aromatic N) is 3. The van der Waals surface area contributed by atoms with Crippen LogP contribution in [0.4, 0.5) is 4.39 Å². The minimum Gasteiger partial charge on any atom is -0.479 e. The number of carboxylic acid groups (broad SMARTS) is 1. The monoisotopic (exact) mass is 565 g/mol. The Bertz CT molecular complexity index is 1270. The molecule has 3 heterocycles. The normalized spacial score (nSPS) is 24.0. The van der Waals surface area contributed by atoms with Crippen molar-refractivity contribution >= 4 is 17.4 Å². The number of aliphatic carboxylic acids is 1. The maximum absolute atomic E-state index is 13.5. The topological polar surface area (TPSA) is 84.3 Å². The molecule has 1 saturated heterocycles. The lowest BCUT2D eigenvalue weighted by Gasteiger charge is -2.52. The van der Waals surface area contributed by atoms with Crippen LogP contribution in [0.5, 0.6) is 0 Å². The maximum Gasteiger partial charge on any atom is 0.336 e. The Labute approximate surface area is 243 Å². The Morgan fingerprint density at radius 2 is 1.78 bits per heavy atom. The molecule has 0 saturated carbocycles. The number of hydrogen-bond donors (Lipinski definition) is 1. The molecule has 222 valence electrons. The zero-order valence-corrected chi connectivity index (χ0v) is 25.4. The summed E-state index contributed by atoms with van der Waals surface area (Å²) in [6.45, 7) is 15.6. The number of likely N-dealkylation sites (tertiary alicyclic amines) is 1. The lowest BCUT2D eigenvalue weighted by molar-refractivity contribution is -0.197. The Morgan fingerprint density at radius 1 is 1.12 bits per heavy atom. The molecule has 0 bridgehead atoms. The van der Waals surface area contributed by atoms with Crippen molar-refractivity contribution in [3.05, 3.63) is 71.3 Å². The third-order valence-electron chi connectivity index (χ3n) is 8.09. The van der Waals surface area contributed by atoms with Gasteiger partial charge in [0.05, 0.1) is 29.7 Å². The number of benzene rings is 1. The van der Waals surface area contributed by atoms with E-state index in [9.17, 15) is 14.3 Å². The number of piperidine rings is 1. The number of aliphatic imine (C=N–C) groups is 1. The number of carboxylic acids is 1. The summed E-state index contributed by atoms with van der Waals surface area (Å²) < 4.78 is 26.6. The molecule has 2 aliphatic rings. The van der Waals surface area contributed by atoms with Crippen molar-refractivity contribution in [2.24, 2.45) is 10.4 Å². The molecule has 2 aromatic rings. The van der Waals surface area contributed by atoms with Crippen LogP contribution in [0.1, 0.15) is 71.2 Å². The third-order valence-corrected chi connectivity index (χ3v) is 8.09. The van der Waals surface area contributed by atoms with E-state index in [4.69, 9.17) is 14.5 Å². The molecule has 1 aromatic carbocycles. The molecule has 2 aliphatic heterocycles. The van der Waals surface area contributed by atoms with Crippen molar-refractivity contribution in [2.45, 2.75) is 91.1 Å². The number of ether oxygens (including phenoxy) is 2. The van der Waals surface area contributed by atoms with Crippen LogP contribution in [-0.4, -0.2) is 69.7 Å². The first-order valence-electron chi connectivity index (χ1n) is 14.4. The van der Waals surface area contributed by atoms with E-state index in [-0.39, 0.29) is 17.8 Å². The van der Waals surface area contributed by atoms with Crippen LogP contribution in [0.25, 0.3) is 5.70 Å². The molecule has 1 aromatic heterocycles. The van der Waals surface area contributed by atoms with Gasteiger partial charge >= 0.3 is 5.97 Å². The van der Waals surface area contributed by atoms with E-state index in [1.807, 2.05) is 52.8 Å². The van der Waals surface area contributed by atoms with Crippen molar-refractivity contribution in [1.29, 1.82) is 0 Å². The molecule has 8 heteroatoms. The zero-order chi connectivity index (χ0) is 30.0. The molecule has 7 nitrogen and oxygen atoms in total. The smallest absolute Gasteiger partial charge is 0.336 e. The molecular weight excluding hydrogens is 521 g/mol. The number of carbonyl (C=O) groups is 1. The van der Waals surface area contributed by atoms with Gasteiger partial charge in [-0.3, -0.25) is 14.9 Å². The van der Waals surface area contributed by atoms with Crippen LogP contribution < -0.4 is 0 Å². The predicted octanol–water partition coefficient (Wildman–Crippen LogP) is 6.10. The molecule has 1 N–H and O–H groups in total. The van der Waals surface area contributed by atoms with Crippen LogP contribution in [0, 0.1) is 18.2 Å². The Kier molecular flexibility index (Phi) is 9.16. The molecule has 0 amide bonds. The van der Waals surface area contributed by atoms with E-state index in [1.165, 1.54) is 12.1 Å². The van der Waals surface area contributed by atoms with Crippen molar-refractivity contribution in [3.8, 4) is 0 Å². The van der Waals surface area contributed by atoms with Gasteiger partial charge in [0.15, 0.2) is 11.7 Å². The Hall–Kier alpha value is -2.94. The second-order valence-electron chi connectivity index (χ2n) is 13.0. The van der Waals surface area contributed by atoms with Crippen LogP contribution in [0.3, 0.4) is 0 Å². The fraction of sp³-hybridized carbons (Fsp3) is 0.545. The van der Waals surface area contributed by atoms with Gasteiger partial charge in [-0.25, -0.2) is 9.18 Å². The first-order valence-corrected chi connectivity index (χ1v) is 14.4. The number of aromatic nitrogens is 1. The van der Waals surface area contributed by atoms with Crippen molar-refractivity contribution in [2.75, 3.05) is 19.7 Å². The average molecular weight is 566 g/mol. The van der Waals surface area contributed by atoms with Gasteiger partial charge < -0.3 is 14.6 Å². The largest absolute Gasteiger partial charge is 0.479 e. The summed E-state index contributed by atoms with van der Waals surface area (Å²) >= 11 is 0. The summed E-state index contributed by atoms with van der Waals surface area (Å²) in [6.07, 6.45) is 4.94. The Balaban J connectivity index is 1.82. The molecule has 3 atom stereocenters. The highest BCUT2D eigenvalue weighted by Gasteiger charge is 2.57. The number of aryl methyl sites for hydroxylation is 1. The summed E-state index contributed by atoms with van der Waals surface area (Å²) in [5.41, 5.74) is 1.99. The maximum atomic E-state index is 13.5. The third kappa shape index (κ3) is 7.29. The molecule has 0 spiro atoms. The van der Waals surface area contributed by atoms with Gasteiger partial charge in [-0.15, -0.1) is 0 Å². The SMILES string of the molecule is CC1=NC(c2ccc(C)nc2)=CC(N2CCC(C)(C)CC2)C1(OCCc1ccc(F)cc1)C(OC(C)(C)C)C(=O)O. The van der Waals surface area contributed by atoms with E-state index in [0.717, 1.165) is 48.4 Å². The highest BCUT2D eigenvalue weighted by molar-refractivity contribution is 6.02. The van der Waals surface area contributed by atoms with Gasteiger partial charge in [-0.2, -0.15) is 0 Å². The van der Waals surface area contributed by atoms with Crippen LogP contribution in [-0.2, 0) is 20.7 Å². The van der Waals surface area contributed by atoms with Crippen LogP contribution in [0.15, 0.2) is 53.7 Å². The lowest BCUT2D eigenvalue weighted by atomic mass is 9.76. The summed E-state index contributed by atoms with van der Waals surface area (Å²) in [5, 5.41) is 10.7. The molecular formula is C33H44FN3O4. The standard InChI is InChI=1S/C33H44FN3O4/c1-22-8-11-25(21-35-22)27-20-28(37-17-15-32(6,7)16-18-37)33(23(2)36-27,29(30(38)39)41-31(3,4)5)40-19-14-24-9-12-26(34)13-10-24/h8-13,20-21,28-29H,14-19H2,1-7H3,(H,38,39). The summed E-state index contributed by atoms with van der Waals surface area (Å²) in [6, 6.07) is 9.77. The van der Waals surface area contributed by atoms with E-state index in [2.05, 4.69) is 23.7 Å². The Morgan fingerprint density at radius 3 is 2.34 bits per heavy atom. The van der Waals surface area contributed by atoms with E-state index in [1.54, 1.807) is 18.3 Å². The molecule has 4 rings (SSSR count). The summed E-state index contributed by atoms with van der Waals surface area (Å²) in [7, 11) is 0. The van der Waals surface area contributed by atoms with Crippen molar-refractivity contribution in [1.82, 2.24) is 9.88 Å². The van der Waals surface area contributed by atoms with Crippen molar-refractivity contribution in [3.63, 3.8) is 0 Å².